The first-order valence-electron chi connectivity index (χ1n) is 6.32. The number of fused-ring (bicyclic) bond motifs is 3. The normalized spacial score (nSPS) is 48.6. The third-order valence-electron chi connectivity index (χ3n) is 4.75. The molecule has 2 aliphatic carbocycles. The Morgan fingerprint density at radius 1 is 0.714 bits per heavy atom. The molecule has 0 aromatic carbocycles. The van der Waals surface area contributed by atoms with Crippen LogP contribution in [-0.4, -0.2) is 15.2 Å². The lowest BCUT2D eigenvalue weighted by molar-refractivity contribution is 0.231. The zero-order valence-corrected chi connectivity index (χ0v) is 10.9. The minimum Gasteiger partial charge on any atom is -0.241 e. The Balaban J connectivity index is 1.83. The zero-order chi connectivity index (χ0) is 9.54. The molecule has 4 atom stereocenters. The Hall–Kier alpha value is 0.690. The van der Waals surface area contributed by atoms with Crippen LogP contribution in [0.5, 0.6) is 0 Å². The van der Waals surface area contributed by atoms with E-state index in [0.29, 0.717) is 0 Å². The number of hydrogen-bond donors (Lipinski definition) is 0. The van der Waals surface area contributed by atoms with E-state index < -0.39 is 0 Å². The van der Waals surface area contributed by atoms with Crippen molar-refractivity contribution in [1.29, 1.82) is 0 Å². The van der Waals surface area contributed by atoms with Gasteiger partial charge in [-0.1, -0.05) is 25.7 Å². The maximum atomic E-state index is 2.73. The number of nitrogens with zero attached hydrogens (tertiary/aromatic N) is 1. The molecular weight excluding hydrogens is 285 g/mol. The van der Waals surface area contributed by atoms with Crippen LogP contribution < -0.4 is 0 Å². The van der Waals surface area contributed by atoms with Gasteiger partial charge in [0.05, 0.1) is 0 Å². The lowest BCUT2D eigenvalue weighted by Gasteiger charge is -2.30. The summed E-state index contributed by atoms with van der Waals surface area (Å²) < 4.78 is 2.73. The summed E-state index contributed by atoms with van der Waals surface area (Å²) in [5.74, 6) is 2.15. The van der Waals surface area contributed by atoms with Crippen molar-refractivity contribution >= 4 is 22.9 Å². The molecule has 14 heavy (non-hydrogen) atoms. The largest absolute Gasteiger partial charge is 0.241 e. The van der Waals surface area contributed by atoms with Crippen molar-refractivity contribution in [3.63, 3.8) is 0 Å². The van der Waals surface area contributed by atoms with Crippen molar-refractivity contribution in [2.24, 2.45) is 11.8 Å². The average molecular weight is 305 g/mol. The van der Waals surface area contributed by atoms with Crippen molar-refractivity contribution in [3.05, 3.63) is 0 Å². The fourth-order valence-corrected chi connectivity index (χ4v) is 5.52. The van der Waals surface area contributed by atoms with Crippen LogP contribution >= 0.6 is 22.9 Å². The van der Waals surface area contributed by atoms with Gasteiger partial charge in [0.1, 0.15) is 0 Å². The summed E-state index contributed by atoms with van der Waals surface area (Å²) in [5, 5.41) is 0. The molecule has 2 heteroatoms. The van der Waals surface area contributed by atoms with Crippen molar-refractivity contribution in [2.75, 3.05) is 0 Å². The second-order valence-corrected chi connectivity index (χ2v) is 6.49. The van der Waals surface area contributed by atoms with E-state index in [1.54, 1.807) is 0 Å². The van der Waals surface area contributed by atoms with Gasteiger partial charge in [0.25, 0.3) is 0 Å². The van der Waals surface area contributed by atoms with Crippen LogP contribution in [-0.2, 0) is 0 Å². The highest BCUT2D eigenvalue weighted by molar-refractivity contribution is 14.1. The monoisotopic (exact) mass is 305 g/mol. The average Bonchev–Trinajstić information content (AvgIpc) is 2.55. The van der Waals surface area contributed by atoms with Crippen LogP contribution in [0, 0.1) is 11.8 Å². The van der Waals surface area contributed by atoms with E-state index in [9.17, 15) is 0 Å². The molecule has 1 heterocycles. The maximum Gasteiger partial charge on any atom is 0.0228 e. The first kappa shape index (κ1) is 9.88. The number of hydrogen-bond acceptors (Lipinski definition) is 1. The molecule has 3 fully saturated rings. The molecule has 0 radical (unpaired) electrons. The summed E-state index contributed by atoms with van der Waals surface area (Å²) in [6, 6.07) is 1.91. The molecule has 80 valence electrons. The molecule has 0 aromatic heterocycles. The highest BCUT2D eigenvalue weighted by Crippen LogP contribution is 2.50. The van der Waals surface area contributed by atoms with Crippen LogP contribution in [0.25, 0.3) is 0 Å². The highest BCUT2D eigenvalue weighted by atomic mass is 127. The van der Waals surface area contributed by atoms with Gasteiger partial charge in [-0.25, -0.2) is 3.11 Å². The van der Waals surface area contributed by atoms with Gasteiger partial charge in [-0.2, -0.15) is 0 Å². The molecule has 0 N–H and O–H groups in total. The Morgan fingerprint density at radius 2 is 1.14 bits per heavy atom. The predicted molar refractivity (Wildman–Crippen MR) is 67.4 cm³/mol. The van der Waals surface area contributed by atoms with E-state index in [0.717, 1.165) is 23.9 Å². The van der Waals surface area contributed by atoms with Gasteiger partial charge < -0.3 is 0 Å². The summed E-state index contributed by atoms with van der Waals surface area (Å²) in [6.07, 6.45) is 12.0. The summed E-state index contributed by atoms with van der Waals surface area (Å²) in [5.41, 5.74) is 0. The predicted octanol–water partition coefficient (Wildman–Crippen LogP) is 3.77. The summed E-state index contributed by atoms with van der Waals surface area (Å²) in [4.78, 5) is 0. The maximum absolute atomic E-state index is 2.73. The standard InChI is InChI=1S/C12H20IN/c13-14-11-7-3-1-5-9(11)10-6-2-4-8-12(10)14/h9-12H,1-8H2. The van der Waals surface area contributed by atoms with Gasteiger partial charge in [-0.15, -0.1) is 0 Å². The molecule has 1 nitrogen and oxygen atoms in total. The Morgan fingerprint density at radius 3 is 1.64 bits per heavy atom. The second kappa shape index (κ2) is 3.93. The van der Waals surface area contributed by atoms with Crippen LogP contribution in [0.2, 0.25) is 0 Å². The fraction of sp³-hybridized carbons (Fsp3) is 1.00. The fourth-order valence-electron chi connectivity index (χ4n) is 4.14. The molecule has 4 unspecified atom stereocenters. The third kappa shape index (κ3) is 1.44. The van der Waals surface area contributed by atoms with E-state index in [1.165, 1.54) is 51.4 Å². The van der Waals surface area contributed by atoms with Crippen molar-refractivity contribution in [1.82, 2.24) is 3.11 Å². The molecule has 3 aliphatic rings. The molecule has 0 bridgehead atoms. The van der Waals surface area contributed by atoms with Crippen molar-refractivity contribution in [2.45, 2.75) is 63.5 Å². The van der Waals surface area contributed by atoms with E-state index >= 15 is 0 Å². The van der Waals surface area contributed by atoms with Crippen LogP contribution in [0.1, 0.15) is 51.4 Å². The molecule has 0 aromatic rings. The summed E-state index contributed by atoms with van der Waals surface area (Å²) >= 11 is 2.63. The Kier molecular flexibility index (Phi) is 2.77. The summed E-state index contributed by atoms with van der Waals surface area (Å²) in [6.45, 7) is 0. The minimum absolute atomic E-state index is 0.956. The highest BCUT2D eigenvalue weighted by Gasteiger charge is 2.48. The van der Waals surface area contributed by atoms with Gasteiger partial charge in [0.15, 0.2) is 0 Å². The van der Waals surface area contributed by atoms with E-state index in [4.69, 9.17) is 0 Å². The third-order valence-corrected chi connectivity index (χ3v) is 6.18. The topological polar surface area (TPSA) is 3.24 Å². The van der Waals surface area contributed by atoms with Crippen molar-refractivity contribution < 1.29 is 0 Å². The lowest BCUT2D eigenvalue weighted by Crippen LogP contribution is -2.31. The summed E-state index contributed by atoms with van der Waals surface area (Å²) in [7, 11) is 0. The molecule has 3 rings (SSSR count). The van der Waals surface area contributed by atoms with E-state index in [2.05, 4.69) is 26.0 Å². The first-order chi connectivity index (χ1) is 6.88. The quantitative estimate of drug-likeness (QED) is 0.486. The lowest BCUT2D eigenvalue weighted by atomic mass is 9.73. The Bertz CT molecular complexity index is 196. The Labute approximate surface area is 101 Å². The first-order valence-corrected chi connectivity index (χ1v) is 7.28. The van der Waals surface area contributed by atoms with Gasteiger partial charge in [0.2, 0.25) is 0 Å². The molecule has 0 spiro atoms. The van der Waals surface area contributed by atoms with Gasteiger partial charge in [-0.3, -0.25) is 0 Å². The molecule has 1 saturated heterocycles. The van der Waals surface area contributed by atoms with Gasteiger partial charge in [0, 0.05) is 34.9 Å². The second-order valence-electron chi connectivity index (χ2n) is 5.38. The number of halogens is 1. The van der Waals surface area contributed by atoms with Crippen LogP contribution in [0.3, 0.4) is 0 Å². The zero-order valence-electron chi connectivity index (χ0n) is 8.79. The molecule has 1 aliphatic heterocycles. The van der Waals surface area contributed by atoms with Gasteiger partial charge >= 0.3 is 0 Å². The smallest absolute Gasteiger partial charge is 0.0228 e. The minimum atomic E-state index is 0.956. The van der Waals surface area contributed by atoms with Crippen LogP contribution in [0.15, 0.2) is 0 Å². The number of rotatable bonds is 0. The van der Waals surface area contributed by atoms with E-state index in [-0.39, 0.29) is 0 Å². The molecule has 2 saturated carbocycles. The van der Waals surface area contributed by atoms with Crippen LogP contribution in [0.4, 0.5) is 0 Å². The SMILES string of the molecule is IN1C2CCCCC2C2CCCCC21. The van der Waals surface area contributed by atoms with E-state index in [1.807, 2.05) is 0 Å². The van der Waals surface area contributed by atoms with Crippen molar-refractivity contribution in [3.8, 4) is 0 Å². The molecular formula is C12H20IN. The van der Waals surface area contributed by atoms with Gasteiger partial charge in [-0.05, 0) is 37.5 Å². The molecule has 0 amide bonds.